The molecule has 0 unspecified atom stereocenters. The highest BCUT2D eigenvalue weighted by molar-refractivity contribution is 9.10. The zero-order chi connectivity index (χ0) is 42.4. The van der Waals surface area contributed by atoms with Crippen LogP contribution in [0.25, 0.3) is 22.5 Å². The van der Waals surface area contributed by atoms with Gasteiger partial charge in [0.15, 0.2) is 0 Å². The Bertz CT molecular complexity index is 2660. The first kappa shape index (κ1) is 42.7. The molecule has 0 radical (unpaired) electrons. The van der Waals surface area contributed by atoms with Gasteiger partial charge in [-0.15, -0.1) is 0 Å². The Morgan fingerprint density at radius 3 is 1.65 bits per heavy atom. The molecular weight excluding hydrogens is 834 g/mol. The van der Waals surface area contributed by atoms with Gasteiger partial charge in [-0.05, 0) is 88.1 Å². The van der Waals surface area contributed by atoms with Gasteiger partial charge in [0.2, 0.25) is 0 Å². The van der Waals surface area contributed by atoms with Crippen LogP contribution >= 0.6 is 15.9 Å². The summed E-state index contributed by atoms with van der Waals surface area (Å²) in [6.45, 7) is -0.561. The highest BCUT2D eigenvalue weighted by atomic mass is 79.9. The number of hydrogen-bond acceptors (Lipinski definition) is 7. The van der Waals surface area contributed by atoms with E-state index < -0.39 is 24.0 Å². The highest BCUT2D eigenvalue weighted by Crippen LogP contribution is 2.26. The fourth-order valence-electron chi connectivity index (χ4n) is 6.35. The number of aliphatic carboxylic acids is 1. The normalized spacial score (nSPS) is 10.7. The third-order valence-electron chi connectivity index (χ3n) is 9.38. The van der Waals surface area contributed by atoms with Gasteiger partial charge in [0, 0.05) is 5.56 Å². The molecule has 7 rings (SSSR count). The summed E-state index contributed by atoms with van der Waals surface area (Å²) >= 11 is 3.50. The predicted octanol–water partition coefficient (Wildman–Crippen LogP) is 8.26. The lowest BCUT2D eigenvalue weighted by atomic mass is 10.1. The standard InChI is InChI=1S/C27H22BrFN2O3.C20H17FN2O3/c28-26-25(21-9-5-2-6-10-21)31(17-24(32)34-18-20-7-3-1-4-8-20)27(33)23(30-26)16-13-19-11-14-22(29)15-12-19;21-16-9-6-14(7-10-16)8-11-17-20(26)23(13-19(24)25)18(12-22-17)15-4-2-1-3-5-15/h1-12,14-15H,13,16-18H2;1-7,9-10,12H,8,11,13H2,(H,24,25). The minimum Gasteiger partial charge on any atom is -0.480 e. The monoisotopic (exact) mass is 872 g/mol. The molecule has 10 nitrogen and oxygen atoms in total. The Labute approximate surface area is 352 Å². The molecule has 13 heteroatoms. The maximum absolute atomic E-state index is 13.4. The second-order valence-electron chi connectivity index (χ2n) is 13.6. The maximum atomic E-state index is 13.4. The van der Waals surface area contributed by atoms with E-state index in [1.165, 1.54) is 39.6 Å². The summed E-state index contributed by atoms with van der Waals surface area (Å²) < 4.78 is 34.7. The molecule has 0 atom stereocenters. The van der Waals surface area contributed by atoms with Crippen LogP contribution in [0, 0.1) is 11.6 Å². The quantitative estimate of drug-likeness (QED) is 0.108. The second-order valence-corrected chi connectivity index (χ2v) is 14.3. The van der Waals surface area contributed by atoms with Crippen molar-refractivity contribution in [2.24, 2.45) is 0 Å². The topological polar surface area (TPSA) is 133 Å². The van der Waals surface area contributed by atoms with Gasteiger partial charge in [0.25, 0.3) is 11.1 Å². The van der Waals surface area contributed by atoms with Crippen molar-refractivity contribution in [3.8, 4) is 22.5 Å². The van der Waals surface area contributed by atoms with Crippen molar-refractivity contribution in [1.82, 2.24) is 19.1 Å². The number of nitrogens with zero attached hydrogens (tertiary/aromatic N) is 4. The van der Waals surface area contributed by atoms with Gasteiger partial charge < -0.3 is 9.84 Å². The number of hydrogen-bond donors (Lipinski definition) is 1. The number of ether oxygens (including phenoxy) is 1. The van der Waals surface area contributed by atoms with Crippen LogP contribution in [0.15, 0.2) is 160 Å². The Morgan fingerprint density at radius 1 is 0.600 bits per heavy atom. The third kappa shape index (κ3) is 11.6. The number of benzene rings is 5. The first-order valence-corrected chi connectivity index (χ1v) is 19.7. The van der Waals surface area contributed by atoms with Crippen LogP contribution in [0.3, 0.4) is 0 Å². The molecule has 304 valence electrons. The Hall–Kier alpha value is -6.86. The number of rotatable bonds is 14. The SMILES string of the molecule is O=C(Cn1c(-c2ccccc2)c(Br)nc(CCc2ccc(F)cc2)c1=O)OCc1ccccc1.O=C(O)Cn1c(-c2ccccc2)cnc(CCc2ccc(F)cc2)c1=O. The lowest BCUT2D eigenvalue weighted by Gasteiger charge is -2.16. The molecule has 0 saturated heterocycles. The van der Waals surface area contributed by atoms with Crippen molar-refractivity contribution in [2.45, 2.75) is 45.4 Å². The number of carboxylic acids is 1. The van der Waals surface area contributed by atoms with E-state index >= 15 is 0 Å². The average molecular weight is 874 g/mol. The first-order valence-electron chi connectivity index (χ1n) is 18.9. The van der Waals surface area contributed by atoms with Crippen molar-refractivity contribution in [3.05, 3.63) is 211 Å². The van der Waals surface area contributed by atoms with E-state index in [9.17, 15) is 33.1 Å². The Balaban J connectivity index is 0.000000209. The minimum absolute atomic E-state index is 0.124. The third-order valence-corrected chi connectivity index (χ3v) is 9.94. The molecule has 0 spiro atoms. The van der Waals surface area contributed by atoms with Crippen LogP contribution in [0.4, 0.5) is 8.78 Å². The zero-order valence-electron chi connectivity index (χ0n) is 32.2. The summed E-state index contributed by atoms with van der Waals surface area (Å²) in [4.78, 5) is 58.8. The number of esters is 1. The van der Waals surface area contributed by atoms with E-state index in [1.54, 1.807) is 36.4 Å². The van der Waals surface area contributed by atoms with Crippen molar-refractivity contribution >= 4 is 27.9 Å². The Morgan fingerprint density at radius 2 is 1.10 bits per heavy atom. The van der Waals surface area contributed by atoms with Crippen molar-refractivity contribution in [1.29, 1.82) is 0 Å². The van der Waals surface area contributed by atoms with Crippen molar-refractivity contribution in [2.75, 3.05) is 0 Å². The molecule has 0 fully saturated rings. The predicted molar refractivity (Wildman–Crippen MR) is 227 cm³/mol. The fraction of sp³-hybridized carbons (Fsp3) is 0.149. The molecule has 5 aromatic carbocycles. The van der Waals surface area contributed by atoms with Gasteiger partial charge in [-0.25, -0.2) is 13.8 Å². The molecule has 0 aliphatic rings. The molecule has 2 aromatic heterocycles. The molecule has 0 aliphatic carbocycles. The minimum atomic E-state index is -1.10. The number of carboxylic acid groups (broad SMARTS) is 1. The Kier molecular flexibility index (Phi) is 14.8. The summed E-state index contributed by atoms with van der Waals surface area (Å²) in [6.07, 6.45) is 3.24. The van der Waals surface area contributed by atoms with E-state index in [0.717, 1.165) is 27.8 Å². The maximum Gasteiger partial charge on any atom is 0.326 e. The number of aryl methyl sites for hydroxylation is 4. The summed E-state index contributed by atoms with van der Waals surface area (Å²) in [5, 5.41) is 9.17. The van der Waals surface area contributed by atoms with E-state index in [1.807, 2.05) is 78.9 Å². The fourth-order valence-corrected chi connectivity index (χ4v) is 7.00. The molecule has 1 N–H and O–H groups in total. The number of aromatic nitrogens is 4. The van der Waals surface area contributed by atoms with Gasteiger partial charge in [0.1, 0.15) is 47.3 Å². The van der Waals surface area contributed by atoms with Crippen LogP contribution in [-0.2, 0) is 59.7 Å². The molecular formula is C47H39BrF2N4O6. The van der Waals surface area contributed by atoms with Crippen LogP contribution in [0.1, 0.15) is 28.1 Å². The van der Waals surface area contributed by atoms with Crippen molar-refractivity contribution < 1.29 is 28.2 Å². The highest BCUT2D eigenvalue weighted by Gasteiger charge is 2.20. The molecule has 0 aliphatic heterocycles. The van der Waals surface area contributed by atoms with Crippen LogP contribution < -0.4 is 11.1 Å². The van der Waals surface area contributed by atoms with E-state index in [4.69, 9.17) is 4.74 Å². The summed E-state index contributed by atoms with van der Waals surface area (Å²) in [5.41, 5.74) is 4.89. The number of carbonyl (C=O) groups is 2. The second kappa shape index (κ2) is 20.7. The van der Waals surface area contributed by atoms with Gasteiger partial charge in [-0.2, -0.15) is 0 Å². The summed E-state index contributed by atoms with van der Waals surface area (Å²) in [6, 6.07) is 39.9. The largest absolute Gasteiger partial charge is 0.480 e. The zero-order valence-corrected chi connectivity index (χ0v) is 33.8. The summed E-state index contributed by atoms with van der Waals surface area (Å²) in [7, 11) is 0. The number of halogens is 3. The first-order chi connectivity index (χ1) is 29.0. The van der Waals surface area contributed by atoms with Gasteiger partial charge >= 0.3 is 11.9 Å². The molecule has 60 heavy (non-hydrogen) atoms. The van der Waals surface area contributed by atoms with Crippen LogP contribution in [0.2, 0.25) is 0 Å². The van der Waals surface area contributed by atoms with E-state index in [-0.39, 0.29) is 36.0 Å². The van der Waals surface area contributed by atoms with E-state index in [0.29, 0.717) is 47.4 Å². The van der Waals surface area contributed by atoms with Crippen molar-refractivity contribution in [3.63, 3.8) is 0 Å². The van der Waals surface area contributed by atoms with Gasteiger partial charge in [-0.3, -0.25) is 33.3 Å². The molecule has 0 amide bonds. The summed E-state index contributed by atoms with van der Waals surface area (Å²) in [5.74, 6) is -2.25. The smallest absolute Gasteiger partial charge is 0.326 e. The number of carbonyl (C=O) groups excluding carboxylic acids is 1. The van der Waals surface area contributed by atoms with Gasteiger partial charge in [0.05, 0.1) is 17.6 Å². The molecule has 0 bridgehead atoms. The van der Waals surface area contributed by atoms with Gasteiger partial charge in [-0.1, -0.05) is 115 Å². The molecule has 2 heterocycles. The van der Waals surface area contributed by atoms with Crippen LogP contribution in [-0.4, -0.2) is 36.1 Å². The van der Waals surface area contributed by atoms with E-state index in [2.05, 4.69) is 25.9 Å². The lowest BCUT2D eigenvalue weighted by molar-refractivity contribution is -0.145. The lowest BCUT2D eigenvalue weighted by Crippen LogP contribution is -2.31. The molecule has 0 saturated carbocycles. The average Bonchev–Trinajstić information content (AvgIpc) is 3.26. The van der Waals surface area contributed by atoms with Crippen LogP contribution in [0.5, 0.6) is 0 Å². The molecule has 7 aromatic rings.